The Bertz CT molecular complexity index is 828. The topological polar surface area (TPSA) is 67.6 Å². The molecular weight excluding hydrogens is 284 g/mol. The Morgan fingerprint density at radius 2 is 1.86 bits per heavy atom. The van der Waals surface area contributed by atoms with Crippen LogP contribution in [0.3, 0.4) is 0 Å². The van der Waals surface area contributed by atoms with Crippen LogP contribution >= 0.6 is 11.6 Å². The number of hydrogen-bond donors (Lipinski definition) is 1. The van der Waals surface area contributed by atoms with Gasteiger partial charge in [0.15, 0.2) is 0 Å². The van der Waals surface area contributed by atoms with Crippen LogP contribution in [0.1, 0.15) is 5.56 Å². The van der Waals surface area contributed by atoms with Crippen molar-refractivity contribution in [2.75, 3.05) is 5.73 Å². The highest BCUT2D eigenvalue weighted by atomic mass is 35.5. The second-order valence-electron chi connectivity index (χ2n) is 4.54. The van der Waals surface area contributed by atoms with Crippen LogP contribution < -0.4 is 5.73 Å². The van der Waals surface area contributed by atoms with Crippen molar-refractivity contribution in [2.24, 2.45) is 0 Å². The minimum atomic E-state index is 0.509. The summed E-state index contributed by atoms with van der Waals surface area (Å²) in [5.74, 6) is 0.509. The first-order valence-electron chi connectivity index (χ1n) is 6.29. The predicted octanol–water partition coefficient (Wildman–Crippen LogP) is 3.65. The van der Waals surface area contributed by atoms with Crippen LogP contribution in [0.4, 0.5) is 5.82 Å². The molecule has 0 fully saturated rings. The zero-order chi connectivity index (χ0) is 14.8. The van der Waals surface area contributed by atoms with E-state index in [0.717, 1.165) is 16.9 Å². The molecule has 0 aliphatic carbocycles. The van der Waals surface area contributed by atoms with E-state index in [4.69, 9.17) is 22.6 Å². The lowest BCUT2D eigenvalue weighted by Crippen LogP contribution is -2.01. The van der Waals surface area contributed by atoms with Crippen LogP contribution in [0.25, 0.3) is 16.9 Å². The Labute approximate surface area is 127 Å². The predicted molar refractivity (Wildman–Crippen MR) is 83.1 cm³/mol. The summed E-state index contributed by atoms with van der Waals surface area (Å²) in [5.41, 5.74) is 9.03. The molecule has 0 saturated carbocycles. The van der Waals surface area contributed by atoms with Gasteiger partial charge in [0, 0.05) is 16.7 Å². The van der Waals surface area contributed by atoms with Crippen LogP contribution in [-0.2, 0) is 0 Å². The van der Waals surface area contributed by atoms with Crippen LogP contribution in [0.5, 0.6) is 0 Å². The Kier molecular flexibility index (Phi) is 3.35. The molecule has 3 aromatic rings. The van der Waals surface area contributed by atoms with Gasteiger partial charge in [-0.3, -0.25) is 0 Å². The van der Waals surface area contributed by atoms with Crippen molar-refractivity contribution in [1.29, 1.82) is 5.26 Å². The van der Waals surface area contributed by atoms with Gasteiger partial charge in [0.1, 0.15) is 5.82 Å². The van der Waals surface area contributed by atoms with Crippen molar-refractivity contribution in [1.82, 2.24) is 9.78 Å². The molecule has 0 spiro atoms. The van der Waals surface area contributed by atoms with Crippen LogP contribution in [-0.4, -0.2) is 9.78 Å². The third kappa shape index (κ3) is 2.60. The second kappa shape index (κ2) is 5.31. The lowest BCUT2D eigenvalue weighted by molar-refractivity contribution is 0.894. The van der Waals surface area contributed by atoms with E-state index in [0.29, 0.717) is 16.4 Å². The number of nitrogens with zero attached hydrogens (tertiary/aromatic N) is 3. The molecule has 0 amide bonds. The first-order valence-corrected chi connectivity index (χ1v) is 6.67. The molecule has 0 bridgehead atoms. The second-order valence-corrected chi connectivity index (χ2v) is 4.97. The molecule has 0 aliphatic rings. The summed E-state index contributed by atoms with van der Waals surface area (Å²) in [6, 6.07) is 18.4. The van der Waals surface area contributed by atoms with Crippen LogP contribution in [0.2, 0.25) is 5.02 Å². The van der Waals surface area contributed by atoms with E-state index < -0.39 is 0 Å². The quantitative estimate of drug-likeness (QED) is 0.784. The minimum absolute atomic E-state index is 0.509. The molecule has 1 aromatic heterocycles. The molecule has 4 nitrogen and oxygen atoms in total. The van der Waals surface area contributed by atoms with E-state index in [9.17, 15) is 0 Å². The molecule has 2 N–H and O–H groups in total. The fraction of sp³-hybridized carbons (Fsp3) is 0. The maximum Gasteiger partial charge on any atom is 0.127 e. The monoisotopic (exact) mass is 294 g/mol. The maximum absolute atomic E-state index is 8.96. The summed E-state index contributed by atoms with van der Waals surface area (Å²) in [4.78, 5) is 0. The van der Waals surface area contributed by atoms with Crippen molar-refractivity contribution in [3.63, 3.8) is 0 Å². The van der Waals surface area contributed by atoms with Gasteiger partial charge in [0.2, 0.25) is 0 Å². The molecule has 21 heavy (non-hydrogen) atoms. The van der Waals surface area contributed by atoms with Crippen LogP contribution in [0, 0.1) is 11.3 Å². The number of halogens is 1. The fourth-order valence-electron chi connectivity index (χ4n) is 2.07. The molecule has 0 atom stereocenters. The molecule has 2 aromatic carbocycles. The minimum Gasteiger partial charge on any atom is -0.384 e. The molecule has 5 heteroatoms. The first kappa shape index (κ1) is 13.2. The normalized spacial score (nSPS) is 10.3. The number of hydrogen-bond acceptors (Lipinski definition) is 3. The number of nitrogens with two attached hydrogens (primary N) is 1. The summed E-state index contributed by atoms with van der Waals surface area (Å²) in [5, 5.41) is 14.1. The SMILES string of the molecule is N#Cc1cccc(-n2nc(-c3ccc(Cl)cc3)cc2N)c1. The van der Waals surface area contributed by atoms with Crippen molar-refractivity contribution in [3.8, 4) is 23.0 Å². The first-order chi connectivity index (χ1) is 10.2. The molecule has 0 radical (unpaired) electrons. The van der Waals surface area contributed by atoms with E-state index in [2.05, 4.69) is 11.2 Å². The van der Waals surface area contributed by atoms with Crippen molar-refractivity contribution >= 4 is 17.4 Å². The number of benzene rings is 2. The molecule has 3 rings (SSSR count). The van der Waals surface area contributed by atoms with Crippen LogP contribution in [0.15, 0.2) is 54.6 Å². The van der Waals surface area contributed by atoms with E-state index in [1.54, 1.807) is 28.9 Å². The Balaban J connectivity index is 2.05. The molecule has 0 aliphatic heterocycles. The molecule has 102 valence electrons. The number of anilines is 1. The van der Waals surface area contributed by atoms with E-state index in [1.807, 2.05) is 30.3 Å². The van der Waals surface area contributed by atoms with Crippen molar-refractivity contribution in [2.45, 2.75) is 0 Å². The smallest absolute Gasteiger partial charge is 0.127 e. The average molecular weight is 295 g/mol. The number of aromatic nitrogens is 2. The lowest BCUT2D eigenvalue weighted by Gasteiger charge is -2.03. The molecule has 1 heterocycles. The summed E-state index contributed by atoms with van der Waals surface area (Å²) in [6.07, 6.45) is 0. The van der Waals surface area contributed by atoms with Gasteiger partial charge >= 0.3 is 0 Å². The van der Waals surface area contributed by atoms with Crippen molar-refractivity contribution < 1.29 is 0 Å². The zero-order valence-corrected chi connectivity index (χ0v) is 11.7. The Hall–Kier alpha value is -2.77. The summed E-state index contributed by atoms with van der Waals surface area (Å²) >= 11 is 5.88. The van der Waals surface area contributed by atoms with Gasteiger partial charge in [-0.05, 0) is 30.3 Å². The lowest BCUT2D eigenvalue weighted by atomic mass is 10.1. The molecule has 0 unspecified atom stereocenters. The van der Waals surface area contributed by atoms with E-state index in [1.165, 1.54) is 0 Å². The Morgan fingerprint density at radius 3 is 2.57 bits per heavy atom. The van der Waals surface area contributed by atoms with Gasteiger partial charge in [-0.15, -0.1) is 0 Å². The standard InChI is InChI=1S/C16H11ClN4/c17-13-6-4-12(5-7-13)15-9-16(19)21(20-15)14-3-1-2-11(8-14)10-18/h1-9H,19H2. The van der Waals surface area contributed by atoms with Gasteiger partial charge in [0.25, 0.3) is 0 Å². The summed E-state index contributed by atoms with van der Waals surface area (Å²) in [6.45, 7) is 0. The largest absolute Gasteiger partial charge is 0.384 e. The number of nitriles is 1. The molecular formula is C16H11ClN4. The fourth-order valence-corrected chi connectivity index (χ4v) is 2.20. The van der Waals surface area contributed by atoms with Gasteiger partial charge in [-0.25, -0.2) is 4.68 Å². The van der Waals surface area contributed by atoms with Gasteiger partial charge < -0.3 is 5.73 Å². The van der Waals surface area contributed by atoms with E-state index in [-0.39, 0.29) is 0 Å². The van der Waals surface area contributed by atoms with E-state index >= 15 is 0 Å². The molecule has 0 saturated heterocycles. The third-order valence-corrected chi connectivity index (χ3v) is 3.35. The summed E-state index contributed by atoms with van der Waals surface area (Å²) in [7, 11) is 0. The van der Waals surface area contributed by atoms with Crippen molar-refractivity contribution in [3.05, 3.63) is 65.2 Å². The maximum atomic E-state index is 8.96. The highest BCUT2D eigenvalue weighted by molar-refractivity contribution is 6.30. The van der Waals surface area contributed by atoms with Gasteiger partial charge in [0.05, 0.1) is 23.0 Å². The van der Waals surface area contributed by atoms with Gasteiger partial charge in [-0.1, -0.05) is 29.8 Å². The highest BCUT2D eigenvalue weighted by Gasteiger charge is 2.09. The Morgan fingerprint density at radius 1 is 1.10 bits per heavy atom. The number of nitrogen functional groups attached to an aromatic ring is 1. The summed E-state index contributed by atoms with van der Waals surface area (Å²) < 4.78 is 1.62. The number of rotatable bonds is 2. The third-order valence-electron chi connectivity index (χ3n) is 3.10. The average Bonchev–Trinajstić information content (AvgIpc) is 2.90. The zero-order valence-electron chi connectivity index (χ0n) is 11.0. The highest BCUT2D eigenvalue weighted by Crippen LogP contribution is 2.24. The van der Waals surface area contributed by atoms with Gasteiger partial charge in [-0.2, -0.15) is 10.4 Å².